The molecule has 0 saturated heterocycles. The van der Waals surface area contributed by atoms with Crippen LogP contribution in [0, 0.1) is 11.8 Å². The highest BCUT2D eigenvalue weighted by Crippen LogP contribution is 2.36. The van der Waals surface area contributed by atoms with Gasteiger partial charge in [-0.3, -0.25) is 4.79 Å². The van der Waals surface area contributed by atoms with Gasteiger partial charge in [-0.25, -0.2) is 0 Å². The first kappa shape index (κ1) is 20.9. The standard InChI is InChI=1S/C20H34O4/c21-16-10-6-2-1-3-7-11-17-14-15-19(22)18(17)12-8-4-5-9-13-20(23)24/h4,7-8,11,17-19,21-22H,1-3,5-6,9-10,12-16H2,(H,23,24)/t17-,18-,19-/m0/s1. The van der Waals surface area contributed by atoms with Crippen LogP contribution in [0.5, 0.6) is 0 Å². The first-order valence-corrected chi connectivity index (χ1v) is 9.47. The maximum absolute atomic E-state index is 10.4. The summed E-state index contributed by atoms with van der Waals surface area (Å²) in [6, 6.07) is 0. The van der Waals surface area contributed by atoms with Crippen LogP contribution in [-0.2, 0) is 4.79 Å². The van der Waals surface area contributed by atoms with Crippen LogP contribution in [0.2, 0.25) is 0 Å². The Labute approximate surface area is 146 Å². The molecule has 0 aromatic heterocycles. The second-order valence-electron chi connectivity index (χ2n) is 6.82. The Bertz CT molecular complexity index is 389. The van der Waals surface area contributed by atoms with Crippen molar-refractivity contribution in [3.8, 4) is 0 Å². The molecule has 0 amide bonds. The number of hydrogen-bond acceptors (Lipinski definition) is 3. The number of allylic oxidation sites excluding steroid dienone is 4. The van der Waals surface area contributed by atoms with E-state index in [4.69, 9.17) is 10.2 Å². The lowest BCUT2D eigenvalue weighted by atomic mass is 9.90. The first-order valence-electron chi connectivity index (χ1n) is 9.47. The molecule has 0 bridgehead atoms. The van der Waals surface area contributed by atoms with Gasteiger partial charge in [-0.15, -0.1) is 0 Å². The fourth-order valence-electron chi connectivity index (χ4n) is 3.39. The summed E-state index contributed by atoms with van der Waals surface area (Å²) in [5.41, 5.74) is 0. The van der Waals surface area contributed by atoms with E-state index in [2.05, 4.69) is 24.3 Å². The number of carbonyl (C=O) groups is 1. The molecule has 0 aliphatic heterocycles. The molecule has 4 heteroatoms. The Hall–Kier alpha value is -1.13. The Morgan fingerprint density at radius 1 is 0.958 bits per heavy atom. The van der Waals surface area contributed by atoms with Crippen molar-refractivity contribution in [2.45, 2.75) is 76.7 Å². The molecule has 1 fully saturated rings. The summed E-state index contributed by atoms with van der Waals surface area (Å²) in [5, 5.41) is 27.5. The molecule has 3 atom stereocenters. The van der Waals surface area contributed by atoms with Crippen LogP contribution in [0.4, 0.5) is 0 Å². The molecule has 24 heavy (non-hydrogen) atoms. The highest BCUT2D eigenvalue weighted by Gasteiger charge is 2.32. The molecule has 0 aromatic rings. The van der Waals surface area contributed by atoms with E-state index in [0.717, 1.165) is 44.9 Å². The number of unbranched alkanes of at least 4 members (excludes halogenated alkanes) is 5. The average molecular weight is 338 g/mol. The van der Waals surface area contributed by atoms with Gasteiger partial charge in [-0.05, 0) is 63.2 Å². The van der Waals surface area contributed by atoms with E-state index in [1.54, 1.807) is 0 Å². The molecular weight excluding hydrogens is 304 g/mol. The maximum atomic E-state index is 10.4. The molecule has 0 spiro atoms. The van der Waals surface area contributed by atoms with Gasteiger partial charge in [-0.2, -0.15) is 0 Å². The number of aliphatic hydroxyl groups excluding tert-OH is 2. The summed E-state index contributed by atoms with van der Waals surface area (Å²) < 4.78 is 0. The van der Waals surface area contributed by atoms with Crippen molar-refractivity contribution in [2.24, 2.45) is 11.8 Å². The minimum absolute atomic E-state index is 0.215. The molecule has 1 saturated carbocycles. The lowest BCUT2D eigenvalue weighted by Gasteiger charge is -2.17. The Kier molecular flexibility index (Phi) is 11.5. The van der Waals surface area contributed by atoms with Gasteiger partial charge in [-0.1, -0.05) is 37.1 Å². The van der Waals surface area contributed by atoms with Crippen LogP contribution < -0.4 is 0 Å². The van der Waals surface area contributed by atoms with Crippen molar-refractivity contribution >= 4 is 5.97 Å². The fraction of sp³-hybridized carbons (Fsp3) is 0.750. The molecule has 1 aliphatic carbocycles. The minimum atomic E-state index is -0.740. The van der Waals surface area contributed by atoms with Crippen molar-refractivity contribution < 1.29 is 20.1 Å². The van der Waals surface area contributed by atoms with Crippen LogP contribution in [0.15, 0.2) is 24.3 Å². The normalized spacial score (nSPS) is 24.3. The number of carboxylic acids is 1. The maximum Gasteiger partial charge on any atom is 0.303 e. The third-order valence-electron chi connectivity index (χ3n) is 4.84. The Balaban J connectivity index is 2.23. The average Bonchev–Trinajstić information content (AvgIpc) is 2.90. The van der Waals surface area contributed by atoms with E-state index in [-0.39, 0.29) is 12.5 Å². The van der Waals surface area contributed by atoms with Crippen molar-refractivity contribution in [3.63, 3.8) is 0 Å². The summed E-state index contributed by atoms with van der Waals surface area (Å²) in [7, 11) is 0. The second kappa shape index (κ2) is 13.2. The molecule has 0 radical (unpaired) electrons. The van der Waals surface area contributed by atoms with Crippen LogP contribution >= 0.6 is 0 Å². The van der Waals surface area contributed by atoms with E-state index in [0.29, 0.717) is 24.9 Å². The molecule has 1 rings (SSSR count). The topological polar surface area (TPSA) is 77.8 Å². The highest BCUT2D eigenvalue weighted by molar-refractivity contribution is 5.66. The molecule has 0 heterocycles. The summed E-state index contributed by atoms with van der Waals surface area (Å²) in [6.45, 7) is 0.293. The quantitative estimate of drug-likeness (QED) is 0.349. The van der Waals surface area contributed by atoms with Gasteiger partial charge in [0.15, 0.2) is 0 Å². The summed E-state index contributed by atoms with van der Waals surface area (Å²) in [5.74, 6) is 0.0173. The first-order chi connectivity index (χ1) is 11.6. The number of hydrogen-bond donors (Lipinski definition) is 3. The molecule has 3 N–H and O–H groups in total. The zero-order valence-corrected chi connectivity index (χ0v) is 14.8. The smallest absolute Gasteiger partial charge is 0.303 e. The molecule has 138 valence electrons. The van der Waals surface area contributed by atoms with E-state index in [9.17, 15) is 9.90 Å². The van der Waals surface area contributed by atoms with Crippen LogP contribution in [0.1, 0.15) is 70.6 Å². The van der Waals surface area contributed by atoms with Crippen molar-refractivity contribution in [2.75, 3.05) is 6.61 Å². The third-order valence-corrected chi connectivity index (χ3v) is 4.84. The number of aliphatic carboxylic acids is 1. The lowest BCUT2D eigenvalue weighted by molar-refractivity contribution is -0.137. The van der Waals surface area contributed by atoms with E-state index >= 15 is 0 Å². The van der Waals surface area contributed by atoms with Gasteiger partial charge in [0.25, 0.3) is 0 Å². The van der Waals surface area contributed by atoms with Gasteiger partial charge in [0.05, 0.1) is 6.10 Å². The zero-order valence-electron chi connectivity index (χ0n) is 14.8. The largest absolute Gasteiger partial charge is 0.481 e. The van der Waals surface area contributed by atoms with Crippen molar-refractivity contribution in [1.29, 1.82) is 0 Å². The minimum Gasteiger partial charge on any atom is -0.481 e. The van der Waals surface area contributed by atoms with Gasteiger partial charge < -0.3 is 15.3 Å². The van der Waals surface area contributed by atoms with Crippen LogP contribution in [0.3, 0.4) is 0 Å². The van der Waals surface area contributed by atoms with Gasteiger partial charge >= 0.3 is 5.97 Å². The van der Waals surface area contributed by atoms with E-state index in [1.165, 1.54) is 12.8 Å². The third kappa shape index (κ3) is 9.24. The summed E-state index contributed by atoms with van der Waals surface area (Å²) in [4.78, 5) is 10.4. The second-order valence-corrected chi connectivity index (χ2v) is 6.82. The van der Waals surface area contributed by atoms with Gasteiger partial charge in [0.2, 0.25) is 0 Å². The number of rotatable bonds is 13. The van der Waals surface area contributed by atoms with Crippen molar-refractivity contribution in [1.82, 2.24) is 0 Å². The van der Waals surface area contributed by atoms with Gasteiger partial charge in [0, 0.05) is 13.0 Å². The number of aliphatic hydroxyl groups is 2. The van der Waals surface area contributed by atoms with Crippen LogP contribution in [0.25, 0.3) is 0 Å². The zero-order chi connectivity index (χ0) is 17.6. The predicted molar refractivity (Wildman–Crippen MR) is 96.8 cm³/mol. The number of carboxylic acid groups (broad SMARTS) is 1. The Morgan fingerprint density at radius 2 is 1.71 bits per heavy atom. The fourth-order valence-corrected chi connectivity index (χ4v) is 3.39. The molecular formula is C20H34O4. The summed E-state index contributed by atoms with van der Waals surface area (Å²) in [6.07, 6.45) is 18.4. The summed E-state index contributed by atoms with van der Waals surface area (Å²) >= 11 is 0. The molecule has 0 unspecified atom stereocenters. The van der Waals surface area contributed by atoms with Crippen molar-refractivity contribution in [3.05, 3.63) is 24.3 Å². The predicted octanol–water partition coefficient (Wildman–Crippen LogP) is 4.07. The molecule has 0 aromatic carbocycles. The Morgan fingerprint density at radius 3 is 2.46 bits per heavy atom. The van der Waals surface area contributed by atoms with E-state index in [1.807, 2.05) is 0 Å². The van der Waals surface area contributed by atoms with Crippen LogP contribution in [-0.4, -0.2) is 34.0 Å². The molecule has 1 aliphatic rings. The highest BCUT2D eigenvalue weighted by atomic mass is 16.4. The molecule has 4 nitrogen and oxygen atoms in total. The van der Waals surface area contributed by atoms with Gasteiger partial charge in [0.1, 0.15) is 0 Å². The lowest BCUT2D eigenvalue weighted by Crippen LogP contribution is -2.17. The SMILES string of the molecule is O=C(O)CCCC=CC[C@@H]1[C@@H](O)CC[C@@H]1C=CCCCCCCO. The van der Waals surface area contributed by atoms with E-state index < -0.39 is 5.97 Å². The monoisotopic (exact) mass is 338 g/mol.